The van der Waals surface area contributed by atoms with Gasteiger partial charge in [0.05, 0.1) is 30.9 Å². The van der Waals surface area contributed by atoms with Gasteiger partial charge < -0.3 is 86.8 Å². The number of carboxylic acids is 3. The number of phosphoric ester groups is 1. The Labute approximate surface area is 459 Å². The number of aliphatic hydroxyl groups excluding tert-OH is 1. The molecule has 6 rings (SSSR count). The predicted molar refractivity (Wildman–Crippen MR) is 279 cm³/mol. The Morgan fingerprint density at radius 3 is 2.00 bits per heavy atom. The van der Waals surface area contributed by atoms with E-state index in [4.69, 9.17) is 35.8 Å². The number of nitrogens with two attached hydrogens (primary N) is 2. The highest BCUT2D eigenvalue weighted by atomic mass is 33.1. The lowest BCUT2D eigenvalue weighted by Crippen LogP contribution is -2.56. The summed E-state index contributed by atoms with van der Waals surface area (Å²) in [6, 6.07) is 9.80. The van der Waals surface area contributed by atoms with E-state index in [1.807, 2.05) is 53.8 Å². The minimum atomic E-state index is -5.82. The van der Waals surface area contributed by atoms with Crippen molar-refractivity contribution in [2.75, 3.05) is 36.2 Å². The number of phosphoric acid groups is 3. The standard InChI is InChI=1S/C43H54N9O23P3S2/c44-37-36-21(18-52(38(36)51-42(45)50-37)33-16-30(53)31(73-33)20-72-77(67,68)75-78(69,70)74-76(64,65)66)17-46-32(54)11-13-80-79-12-5-10-27(39(59)47-28(14-34(55)56)40(60)48-29(41(61)62)15-35(57)58)49-43(63)71-19-26-24-8-3-1-6-22(24)23-7-2-4-9-25(23)26/h1-4,6-9,18,26-31,33,53H,5,10-17,19-20H2,(H,46,54)(H,47,59)(H,48,60)(H,49,63)(H,55,56)(H,57,58)(H,61,62)(H,67,68)(H,69,70)(H2,64,65,66)(H4,44,45,50,51). The molecular weight excluding hydrogens is 1170 g/mol. The number of aromatic nitrogens is 3. The van der Waals surface area contributed by atoms with Crippen LogP contribution in [0.25, 0.3) is 22.2 Å². The SMILES string of the molecule is Nc1nc(N)c2c(CNC(=O)CCSSCCCC(NC(=O)OCC3c4ccccc4-c4ccccc43)C(=O)NC(CC(=O)O)C(=O)NC(CC(=O)O)C(=O)O)cn(C3CC(O)C(COP(=O)(O)OP(=O)(O)OP(=O)(O)O)O3)c2n1. The molecule has 2 aliphatic rings. The van der Waals surface area contributed by atoms with Gasteiger partial charge in [-0.25, -0.2) is 23.3 Å². The summed E-state index contributed by atoms with van der Waals surface area (Å²) in [5.41, 5.74) is 16.2. The number of fused-ring (bicyclic) bond motifs is 4. The predicted octanol–water partition coefficient (Wildman–Crippen LogP) is 1.67. The van der Waals surface area contributed by atoms with Gasteiger partial charge in [-0.2, -0.15) is 18.6 Å². The number of alkyl carbamates (subject to hydrolysis) is 1. The molecule has 436 valence electrons. The zero-order chi connectivity index (χ0) is 58.7. The van der Waals surface area contributed by atoms with Crippen LogP contribution in [0.15, 0.2) is 54.7 Å². The lowest BCUT2D eigenvalue weighted by molar-refractivity contribution is -0.148. The van der Waals surface area contributed by atoms with Crippen LogP contribution >= 0.6 is 45.1 Å². The number of hydrogen-bond acceptors (Lipinski definition) is 22. The molecule has 8 atom stereocenters. The van der Waals surface area contributed by atoms with Gasteiger partial charge in [-0.05, 0) is 35.1 Å². The molecule has 1 aliphatic heterocycles. The maximum Gasteiger partial charge on any atom is 0.490 e. The van der Waals surface area contributed by atoms with Crippen molar-refractivity contribution >= 4 is 110 Å². The van der Waals surface area contributed by atoms with Crippen LogP contribution in [0.1, 0.15) is 67.4 Å². The number of nitrogen functional groups attached to an aromatic ring is 2. The molecule has 0 spiro atoms. The summed E-state index contributed by atoms with van der Waals surface area (Å²) in [7, 11) is -14.4. The quantitative estimate of drug-likeness (QED) is 0.0201. The van der Waals surface area contributed by atoms with Crippen LogP contribution in [0.3, 0.4) is 0 Å². The summed E-state index contributed by atoms with van der Waals surface area (Å²) in [4.78, 5) is 133. The first-order chi connectivity index (χ1) is 37.6. The molecule has 1 saturated heterocycles. The number of rotatable bonds is 30. The van der Waals surface area contributed by atoms with Gasteiger partial charge in [0, 0.05) is 48.6 Å². The Balaban J connectivity index is 1.02. The molecule has 0 bridgehead atoms. The van der Waals surface area contributed by atoms with Gasteiger partial charge in [0.25, 0.3) is 0 Å². The Kier molecular flexibility index (Phi) is 21.6. The van der Waals surface area contributed by atoms with Gasteiger partial charge >= 0.3 is 47.5 Å². The van der Waals surface area contributed by atoms with Crippen LogP contribution in [0.4, 0.5) is 16.6 Å². The van der Waals surface area contributed by atoms with Crippen molar-refractivity contribution in [3.05, 3.63) is 71.4 Å². The molecule has 0 saturated carbocycles. The van der Waals surface area contributed by atoms with E-state index < -0.39 is 121 Å². The maximum atomic E-state index is 13.8. The number of aliphatic hydroxyl groups is 1. The number of hydrogen-bond donors (Lipinski definition) is 14. The molecule has 16 N–H and O–H groups in total. The molecule has 3 heterocycles. The summed E-state index contributed by atoms with van der Waals surface area (Å²) in [5, 5.41) is 48.4. The van der Waals surface area contributed by atoms with Crippen LogP contribution in [0, 0.1) is 0 Å². The third-order valence-corrected chi connectivity index (χ3v) is 18.1. The first-order valence-corrected chi connectivity index (χ1v) is 30.5. The molecule has 2 aromatic heterocycles. The van der Waals surface area contributed by atoms with Crippen LogP contribution in [0.5, 0.6) is 0 Å². The highest BCUT2D eigenvalue weighted by molar-refractivity contribution is 8.76. The number of nitrogens with zero attached hydrogens (tertiary/aromatic N) is 3. The van der Waals surface area contributed by atoms with E-state index in [9.17, 15) is 72.4 Å². The minimum Gasteiger partial charge on any atom is -0.481 e. The van der Waals surface area contributed by atoms with Gasteiger partial charge in [-0.3, -0.25) is 28.5 Å². The summed E-state index contributed by atoms with van der Waals surface area (Å²) in [6.07, 6.45) is -5.66. The van der Waals surface area contributed by atoms with Crippen LogP contribution < -0.4 is 32.7 Å². The number of ether oxygens (including phenoxy) is 2. The summed E-state index contributed by atoms with van der Waals surface area (Å²) in [6.45, 7) is -1.23. The fourth-order valence-corrected chi connectivity index (χ4v) is 13.5. The Hall–Kier alpha value is -6.22. The zero-order valence-corrected chi connectivity index (χ0v) is 45.7. The van der Waals surface area contributed by atoms with E-state index >= 15 is 0 Å². The van der Waals surface area contributed by atoms with E-state index in [1.165, 1.54) is 32.4 Å². The monoisotopic (exact) mass is 1220 g/mol. The van der Waals surface area contributed by atoms with E-state index in [1.54, 1.807) is 0 Å². The van der Waals surface area contributed by atoms with Crippen molar-refractivity contribution in [2.45, 2.75) is 87.5 Å². The number of amides is 4. The third kappa shape index (κ3) is 17.9. The topological polar surface area (TPSA) is 510 Å². The Morgan fingerprint density at radius 2 is 1.38 bits per heavy atom. The molecular formula is C43H54N9O23P3S2. The fourth-order valence-electron chi connectivity index (χ4n) is 8.37. The van der Waals surface area contributed by atoms with Crippen LogP contribution in [-0.4, -0.2) is 151 Å². The smallest absolute Gasteiger partial charge is 0.481 e. The number of aliphatic carboxylic acids is 3. The number of benzene rings is 2. The first-order valence-electron chi connectivity index (χ1n) is 23.5. The van der Waals surface area contributed by atoms with Crippen molar-refractivity contribution in [2.24, 2.45) is 0 Å². The molecule has 1 fully saturated rings. The van der Waals surface area contributed by atoms with E-state index in [0.29, 0.717) is 11.3 Å². The molecule has 2 aromatic carbocycles. The maximum absolute atomic E-state index is 13.8. The second-order valence-electron chi connectivity index (χ2n) is 17.5. The average Bonchev–Trinajstić information content (AvgIpc) is 4.06. The van der Waals surface area contributed by atoms with Gasteiger partial charge in [-0.1, -0.05) is 70.1 Å². The van der Waals surface area contributed by atoms with E-state index in [0.717, 1.165) is 22.3 Å². The highest BCUT2D eigenvalue weighted by Crippen LogP contribution is 2.66. The molecule has 37 heteroatoms. The minimum absolute atomic E-state index is 0.0128. The molecule has 1 aliphatic carbocycles. The van der Waals surface area contributed by atoms with Gasteiger partial charge in [-0.15, -0.1) is 0 Å². The van der Waals surface area contributed by atoms with Crippen molar-refractivity contribution in [1.29, 1.82) is 0 Å². The number of carboxylic acid groups (broad SMARTS) is 3. The number of carbonyl (C=O) groups is 7. The second kappa shape index (κ2) is 27.5. The van der Waals surface area contributed by atoms with Crippen molar-refractivity contribution in [3.8, 4) is 11.1 Å². The summed E-state index contributed by atoms with van der Waals surface area (Å²) < 4.78 is 59.8. The largest absolute Gasteiger partial charge is 0.490 e. The summed E-state index contributed by atoms with van der Waals surface area (Å²) in [5.74, 6) is -7.77. The average molecular weight is 1220 g/mol. The van der Waals surface area contributed by atoms with Crippen LogP contribution in [-0.2, 0) is 71.6 Å². The van der Waals surface area contributed by atoms with Crippen molar-refractivity contribution in [3.63, 3.8) is 0 Å². The van der Waals surface area contributed by atoms with E-state index in [-0.39, 0.29) is 73.3 Å². The van der Waals surface area contributed by atoms with Crippen LogP contribution in [0.2, 0.25) is 0 Å². The first kappa shape index (κ1) is 63.0. The van der Waals surface area contributed by atoms with Crippen molar-refractivity contribution in [1.82, 2.24) is 35.8 Å². The zero-order valence-electron chi connectivity index (χ0n) is 41.4. The number of nitrogens with one attached hydrogen (secondary N) is 4. The Morgan fingerprint density at radius 1 is 0.775 bits per heavy atom. The molecule has 4 aromatic rings. The van der Waals surface area contributed by atoms with Gasteiger partial charge in [0.2, 0.25) is 23.7 Å². The normalized spacial score (nSPS) is 18.6. The highest BCUT2D eigenvalue weighted by Gasteiger charge is 2.43. The molecule has 8 unspecified atom stereocenters. The Bertz CT molecular complexity index is 3090. The molecule has 0 radical (unpaired) electrons. The number of anilines is 2. The number of carbonyl (C=O) groups excluding carboxylic acids is 4. The van der Waals surface area contributed by atoms with Gasteiger partial charge in [0.15, 0.2) is 0 Å². The lowest BCUT2D eigenvalue weighted by Gasteiger charge is -2.23. The second-order valence-corrected chi connectivity index (χ2v) is 24.7. The lowest BCUT2D eigenvalue weighted by atomic mass is 9.98. The molecule has 4 amide bonds. The third-order valence-electron chi connectivity index (χ3n) is 11.8. The molecule has 32 nitrogen and oxygen atoms in total. The van der Waals surface area contributed by atoms with E-state index in [2.05, 4.69) is 39.1 Å². The van der Waals surface area contributed by atoms with Crippen molar-refractivity contribution < 1.29 is 110 Å². The van der Waals surface area contributed by atoms with Gasteiger partial charge in [0.1, 0.15) is 48.5 Å². The molecule has 80 heavy (non-hydrogen) atoms. The summed E-state index contributed by atoms with van der Waals surface area (Å²) >= 11 is 0. The fraction of sp³-hybridized carbons (Fsp3) is 0.419.